The first-order chi connectivity index (χ1) is 10.1. The van der Waals surface area contributed by atoms with E-state index in [2.05, 4.69) is 4.90 Å². The van der Waals surface area contributed by atoms with Crippen molar-refractivity contribution >= 4 is 17.0 Å². The lowest BCUT2D eigenvalue weighted by atomic mass is 10.1. The van der Waals surface area contributed by atoms with Crippen molar-refractivity contribution in [3.8, 4) is 5.75 Å². The number of phenolic OH excluding ortho intramolecular Hbond substituents is 1. The quantitative estimate of drug-likeness (QED) is 0.876. The molecule has 6 heteroatoms. The van der Waals surface area contributed by atoms with Crippen molar-refractivity contribution in [2.75, 3.05) is 13.1 Å². The Morgan fingerprint density at radius 2 is 2.24 bits per heavy atom. The van der Waals surface area contributed by atoms with Gasteiger partial charge in [-0.1, -0.05) is 0 Å². The molecule has 6 nitrogen and oxygen atoms in total. The van der Waals surface area contributed by atoms with E-state index in [9.17, 15) is 9.90 Å². The lowest BCUT2D eigenvalue weighted by molar-refractivity contribution is 0.137. The molecule has 2 bridgehead atoms. The normalized spacial score (nSPS) is 25.0. The van der Waals surface area contributed by atoms with E-state index in [4.69, 9.17) is 10.2 Å². The third-order valence-corrected chi connectivity index (χ3v) is 4.65. The van der Waals surface area contributed by atoms with Gasteiger partial charge in [0.25, 0.3) is 0 Å². The summed E-state index contributed by atoms with van der Waals surface area (Å²) in [4.78, 5) is 15.5. The van der Waals surface area contributed by atoms with Crippen LogP contribution in [0.4, 0.5) is 4.79 Å². The summed E-state index contributed by atoms with van der Waals surface area (Å²) in [7, 11) is 0. The van der Waals surface area contributed by atoms with E-state index in [1.165, 1.54) is 0 Å². The molecule has 0 saturated carbocycles. The number of carbonyl (C=O) groups excluding carboxylic acids is 1. The standard InChI is InChI=1S/C15H17N3O3/c16-15(20)18-7-10-3-11(18)6-17(10)5-9-8-21-14-4-12(19)1-2-13(9)14/h1-2,4,8,10-11,19H,3,5-7H2,(H2,16,20). The average molecular weight is 287 g/mol. The van der Waals surface area contributed by atoms with Gasteiger partial charge in [0.15, 0.2) is 0 Å². The fraction of sp³-hybridized carbons (Fsp3) is 0.400. The summed E-state index contributed by atoms with van der Waals surface area (Å²) in [5.74, 6) is 0.209. The molecule has 1 aromatic carbocycles. The van der Waals surface area contributed by atoms with E-state index in [-0.39, 0.29) is 17.8 Å². The Hall–Kier alpha value is -2.21. The zero-order chi connectivity index (χ0) is 14.6. The minimum atomic E-state index is -0.314. The number of piperazine rings is 1. The summed E-state index contributed by atoms with van der Waals surface area (Å²) >= 11 is 0. The molecular weight excluding hydrogens is 270 g/mol. The van der Waals surface area contributed by atoms with E-state index in [1.807, 2.05) is 6.07 Å². The molecule has 2 saturated heterocycles. The molecule has 110 valence electrons. The van der Waals surface area contributed by atoms with Crippen molar-refractivity contribution in [2.24, 2.45) is 5.73 Å². The van der Waals surface area contributed by atoms with Crippen molar-refractivity contribution in [2.45, 2.75) is 25.0 Å². The molecule has 3 N–H and O–H groups in total. The minimum absolute atomic E-state index is 0.209. The summed E-state index contributed by atoms with van der Waals surface area (Å²) < 4.78 is 5.51. The van der Waals surface area contributed by atoms with E-state index < -0.39 is 0 Å². The van der Waals surface area contributed by atoms with Crippen LogP contribution in [0.5, 0.6) is 5.75 Å². The van der Waals surface area contributed by atoms with Crippen molar-refractivity contribution < 1.29 is 14.3 Å². The molecule has 0 spiro atoms. The number of amides is 2. The van der Waals surface area contributed by atoms with Gasteiger partial charge < -0.3 is 20.2 Å². The summed E-state index contributed by atoms with van der Waals surface area (Å²) in [6.45, 7) is 2.38. The molecular formula is C15H17N3O3. The number of carbonyl (C=O) groups is 1. The number of benzene rings is 1. The fourth-order valence-electron chi connectivity index (χ4n) is 3.63. The monoisotopic (exact) mass is 287 g/mol. The van der Waals surface area contributed by atoms with Crippen LogP contribution in [0, 0.1) is 0 Å². The van der Waals surface area contributed by atoms with Gasteiger partial charge >= 0.3 is 6.03 Å². The fourth-order valence-corrected chi connectivity index (χ4v) is 3.63. The average Bonchev–Trinajstić information content (AvgIpc) is 3.12. The van der Waals surface area contributed by atoms with Crippen molar-refractivity contribution in [1.29, 1.82) is 0 Å². The van der Waals surface area contributed by atoms with Crippen LogP contribution in [-0.2, 0) is 6.54 Å². The number of aromatic hydroxyl groups is 1. The van der Waals surface area contributed by atoms with E-state index in [0.29, 0.717) is 11.6 Å². The van der Waals surface area contributed by atoms with Crippen molar-refractivity contribution in [1.82, 2.24) is 9.80 Å². The third-order valence-electron chi connectivity index (χ3n) is 4.65. The number of furan rings is 1. The van der Waals surface area contributed by atoms with Crippen molar-refractivity contribution in [3.63, 3.8) is 0 Å². The Balaban J connectivity index is 1.54. The lowest BCUT2D eigenvalue weighted by Gasteiger charge is -2.32. The van der Waals surface area contributed by atoms with E-state index in [1.54, 1.807) is 23.3 Å². The Morgan fingerprint density at radius 1 is 1.38 bits per heavy atom. The smallest absolute Gasteiger partial charge is 0.315 e. The molecule has 21 heavy (non-hydrogen) atoms. The molecule has 0 radical (unpaired) electrons. The number of phenols is 1. The number of likely N-dealkylation sites (tertiary alicyclic amines) is 2. The highest BCUT2D eigenvalue weighted by Gasteiger charge is 2.44. The maximum Gasteiger partial charge on any atom is 0.315 e. The lowest BCUT2D eigenvalue weighted by Crippen LogP contribution is -2.50. The largest absolute Gasteiger partial charge is 0.508 e. The van der Waals surface area contributed by atoms with Crippen LogP contribution in [0.3, 0.4) is 0 Å². The highest BCUT2D eigenvalue weighted by atomic mass is 16.3. The molecule has 2 unspecified atom stereocenters. The number of fused-ring (bicyclic) bond motifs is 3. The zero-order valence-corrected chi connectivity index (χ0v) is 11.5. The molecule has 2 amide bonds. The first-order valence-electron chi connectivity index (χ1n) is 7.11. The Labute approximate surface area is 121 Å². The maximum atomic E-state index is 11.3. The zero-order valence-electron chi connectivity index (χ0n) is 11.5. The van der Waals surface area contributed by atoms with Crippen LogP contribution in [-0.4, -0.2) is 46.1 Å². The Kier molecular flexibility index (Phi) is 2.62. The molecule has 2 aliphatic heterocycles. The SMILES string of the molecule is NC(=O)N1CC2CC1CN2Cc1coc2cc(O)ccc12. The van der Waals surface area contributed by atoms with Crippen LogP contribution in [0.15, 0.2) is 28.9 Å². The van der Waals surface area contributed by atoms with Gasteiger partial charge in [0.2, 0.25) is 0 Å². The summed E-state index contributed by atoms with van der Waals surface area (Å²) in [5.41, 5.74) is 7.20. The Morgan fingerprint density at radius 3 is 2.95 bits per heavy atom. The molecule has 4 rings (SSSR count). The number of nitrogens with zero attached hydrogens (tertiary/aromatic N) is 2. The topological polar surface area (TPSA) is 82.9 Å². The molecule has 2 aromatic rings. The molecule has 2 atom stereocenters. The van der Waals surface area contributed by atoms with Crippen LogP contribution in [0.25, 0.3) is 11.0 Å². The van der Waals surface area contributed by atoms with Gasteiger partial charge in [0, 0.05) is 48.7 Å². The predicted molar refractivity (Wildman–Crippen MR) is 76.8 cm³/mol. The summed E-state index contributed by atoms with van der Waals surface area (Å²) in [6, 6.07) is 5.49. The van der Waals surface area contributed by atoms with Gasteiger partial charge in [-0.3, -0.25) is 4.90 Å². The third kappa shape index (κ3) is 1.94. The first-order valence-corrected chi connectivity index (χ1v) is 7.11. The summed E-state index contributed by atoms with van der Waals surface area (Å²) in [6.07, 6.45) is 2.75. The van der Waals surface area contributed by atoms with Crippen LogP contribution >= 0.6 is 0 Å². The minimum Gasteiger partial charge on any atom is -0.508 e. The second kappa shape index (κ2) is 4.39. The number of nitrogens with two attached hydrogens (primary N) is 1. The highest BCUT2D eigenvalue weighted by Crippen LogP contribution is 2.33. The first kappa shape index (κ1) is 12.5. The summed E-state index contributed by atoms with van der Waals surface area (Å²) in [5, 5.41) is 10.5. The van der Waals surface area contributed by atoms with E-state index >= 15 is 0 Å². The molecule has 2 aliphatic rings. The van der Waals surface area contributed by atoms with Gasteiger partial charge in [-0.2, -0.15) is 0 Å². The Bertz CT molecular complexity index is 711. The van der Waals surface area contributed by atoms with E-state index in [0.717, 1.165) is 37.0 Å². The number of hydrogen-bond acceptors (Lipinski definition) is 4. The van der Waals surface area contributed by atoms with Crippen molar-refractivity contribution in [3.05, 3.63) is 30.0 Å². The number of urea groups is 1. The van der Waals surface area contributed by atoms with Gasteiger partial charge in [-0.25, -0.2) is 4.79 Å². The van der Waals surface area contributed by atoms with Gasteiger partial charge in [-0.05, 0) is 18.6 Å². The second-order valence-corrected chi connectivity index (χ2v) is 5.90. The van der Waals surface area contributed by atoms with Gasteiger partial charge in [0.05, 0.1) is 6.26 Å². The van der Waals surface area contributed by atoms with Gasteiger partial charge in [-0.15, -0.1) is 0 Å². The van der Waals surface area contributed by atoms with Crippen LogP contribution in [0.2, 0.25) is 0 Å². The van der Waals surface area contributed by atoms with Crippen LogP contribution in [0.1, 0.15) is 12.0 Å². The van der Waals surface area contributed by atoms with Gasteiger partial charge in [0.1, 0.15) is 11.3 Å². The molecule has 1 aromatic heterocycles. The maximum absolute atomic E-state index is 11.3. The second-order valence-electron chi connectivity index (χ2n) is 5.90. The number of hydrogen-bond donors (Lipinski definition) is 2. The highest BCUT2D eigenvalue weighted by molar-refractivity contribution is 5.82. The number of primary amides is 1. The molecule has 2 fully saturated rings. The number of rotatable bonds is 2. The van der Waals surface area contributed by atoms with Crippen LogP contribution < -0.4 is 5.73 Å². The molecule has 3 heterocycles. The molecule has 0 aliphatic carbocycles. The predicted octanol–water partition coefficient (Wildman–Crippen LogP) is 1.48.